The van der Waals surface area contributed by atoms with E-state index in [1.165, 1.54) is 78.6 Å². The first-order valence-electron chi connectivity index (χ1n) is 15.9. The lowest BCUT2D eigenvalue weighted by Crippen LogP contribution is -2.17. The van der Waals surface area contributed by atoms with Crippen molar-refractivity contribution in [2.24, 2.45) is 0 Å². The fraction of sp³-hybridized carbons (Fsp3) is 0.163. The highest BCUT2D eigenvalue weighted by Gasteiger charge is 2.37. The van der Waals surface area contributed by atoms with Crippen LogP contribution in [0.15, 0.2) is 133 Å². The first-order valence-corrected chi connectivity index (χ1v) is 15.9. The Kier molecular flexibility index (Phi) is 7.09. The second-order valence-electron chi connectivity index (χ2n) is 13.1. The standard InChI is InChI=1S/C43H40N2/c1-29-11-7-15-33(23-29)44(34-16-8-12-30(2)24-34)37-19-21-39-40-22-20-38(28-42(40)43(5,6)41(39)27-37)45(35-17-9-13-31(3)25-35)36-18-10-14-32(4)26-36/h7-28H,1-6H3. The van der Waals surface area contributed by atoms with Crippen LogP contribution in [0, 0.1) is 27.7 Å². The number of hydrogen-bond acceptors (Lipinski definition) is 2. The molecule has 0 aromatic heterocycles. The summed E-state index contributed by atoms with van der Waals surface area (Å²) in [5.41, 5.74) is 17.2. The molecule has 1 aliphatic carbocycles. The molecule has 0 aliphatic heterocycles. The van der Waals surface area contributed by atoms with Crippen LogP contribution in [0.4, 0.5) is 34.1 Å². The van der Waals surface area contributed by atoms with Gasteiger partial charge in [-0.3, -0.25) is 0 Å². The molecule has 0 unspecified atom stereocenters. The summed E-state index contributed by atoms with van der Waals surface area (Å²) in [7, 11) is 0. The third-order valence-electron chi connectivity index (χ3n) is 9.20. The zero-order valence-electron chi connectivity index (χ0n) is 27.1. The fourth-order valence-electron chi connectivity index (χ4n) is 6.95. The van der Waals surface area contributed by atoms with Crippen LogP contribution < -0.4 is 9.80 Å². The van der Waals surface area contributed by atoms with Crippen LogP contribution in [0.2, 0.25) is 0 Å². The highest BCUT2D eigenvalue weighted by molar-refractivity contribution is 5.88. The maximum atomic E-state index is 2.42. The van der Waals surface area contributed by atoms with Gasteiger partial charge < -0.3 is 9.80 Å². The minimum atomic E-state index is -0.174. The van der Waals surface area contributed by atoms with Gasteiger partial charge in [-0.1, -0.05) is 74.5 Å². The molecule has 1 aliphatic rings. The van der Waals surface area contributed by atoms with E-state index in [0.29, 0.717) is 0 Å². The topological polar surface area (TPSA) is 6.48 Å². The minimum Gasteiger partial charge on any atom is -0.310 e. The Balaban J connectivity index is 1.35. The van der Waals surface area contributed by atoms with Crippen molar-refractivity contribution in [3.8, 4) is 11.1 Å². The van der Waals surface area contributed by atoms with Crippen LogP contribution in [0.3, 0.4) is 0 Å². The highest BCUT2D eigenvalue weighted by Crippen LogP contribution is 2.52. The van der Waals surface area contributed by atoms with Crippen molar-refractivity contribution >= 4 is 34.1 Å². The highest BCUT2D eigenvalue weighted by atomic mass is 15.1. The van der Waals surface area contributed by atoms with Gasteiger partial charge in [0.15, 0.2) is 0 Å². The normalized spacial score (nSPS) is 12.8. The van der Waals surface area contributed by atoms with Crippen molar-refractivity contribution in [2.75, 3.05) is 9.80 Å². The molecule has 0 heterocycles. The van der Waals surface area contributed by atoms with Crippen molar-refractivity contribution in [1.82, 2.24) is 0 Å². The SMILES string of the molecule is Cc1cccc(N(c2cccc(C)c2)c2ccc3c(c2)C(C)(C)c2cc(N(c4cccc(C)c4)c4cccc(C)c4)ccc2-3)c1. The Bertz CT molecular complexity index is 1810. The maximum Gasteiger partial charge on any atom is 0.0465 e. The lowest BCUT2D eigenvalue weighted by Gasteiger charge is -2.29. The predicted molar refractivity (Wildman–Crippen MR) is 192 cm³/mol. The lowest BCUT2D eigenvalue weighted by atomic mass is 9.82. The molecule has 0 spiro atoms. The van der Waals surface area contributed by atoms with E-state index < -0.39 is 0 Å². The van der Waals surface area contributed by atoms with Gasteiger partial charge in [0.2, 0.25) is 0 Å². The summed E-state index contributed by atoms with van der Waals surface area (Å²) < 4.78 is 0. The summed E-state index contributed by atoms with van der Waals surface area (Å²) in [5, 5.41) is 0. The van der Waals surface area contributed by atoms with Gasteiger partial charge in [0.1, 0.15) is 0 Å². The summed E-state index contributed by atoms with van der Waals surface area (Å²) >= 11 is 0. The third-order valence-corrected chi connectivity index (χ3v) is 9.20. The van der Waals surface area contributed by atoms with Crippen molar-refractivity contribution in [1.29, 1.82) is 0 Å². The Morgan fingerprint density at radius 3 is 0.933 bits per heavy atom. The minimum absolute atomic E-state index is 0.174. The van der Waals surface area contributed by atoms with E-state index in [2.05, 4.69) is 185 Å². The van der Waals surface area contributed by atoms with Crippen LogP contribution >= 0.6 is 0 Å². The monoisotopic (exact) mass is 584 g/mol. The number of hydrogen-bond donors (Lipinski definition) is 0. The number of nitrogens with zero attached hydrogens (tertiary/aromatic N) is 2. The van der Waals surface area contributed by atoms with Gasteiger partial charge in [-0.2, -0.15) is 0 Å². The summed E-state index contributed by atoms with van der Waals surface area (Å²) in [5.74, 6) is 0. The zero-order valence-corrected chi connectivity index (χ0v) is 27.1. The summed E-state index contributed by atoms with van der Waals surface area (Å²) in [6.45, 7) is 13.4. The first-order chi connectivity index (χ1) is 21.7. The molecular weight excluding hydrogens is 544 g/mol. The Morgan fingerprint density at radius 1 is 0.356 bits per heavy atom. The van der Waals surface area contributed by atoms with E-state index in [9.17, 15) is 0 Å². The molecule has 2 nitrogen and oxygen atoms in total. The Morgan fingerprint density at radius 2 is 0.644 bits per heavy atom. The average molecular weight is 585 g/mol. The van der Waals surface area contributed by atoms with Crippen molar-refractivity contribution in [3.63, 3.8) is 0 Å². The molecule has 0 N–H and O–H groups in total. The largest absolute Gasteiger partial charge is 0.310 e. The van der Waals surface area contributed by atoms with Crippen LogP contribution in [-0.4, -0.2) is 0 Å². The molecule has 0 atom stereocenters. The third kappa shape index (κ3) is 5.21. The van der Waals surface area contributed by atoms with E-state index >= 15 is 0 Å². The van der Waals surface area contributed by atoms with E-state index in [-0.39, 0.29) is 5.41 Å². The molecular formula is C43H40N2. The van der Waals surface area contributed by atoms with Gasteiger partial charge in [0.05, 0.1) is 0 Å². The smallest absolute Gasteiger partial charge is 0.0465 e. The van der Waals surface area contributed by atoms with Gasteiger partial charge in [-0.15, -0.1) is 0 Å². The van der Waals surface area contributed by atoms with Crippen molar-refractivity contribution in [3.05, 3.63) is 167 Å². The second kappa shape index (κ2) is 11.1. The van der Waals surface area contributed by atoms with Crippen LogP contribution in [0.1, 0.15) is 47.2 Å². The molecule has 0 saturated heterocycles. The summed E-state index contributed by atoms with van der Waals surface area (Å²) in [6, 6.07) is 49.2. The molecule has 7 rings (SSSR count). The molecule has 0 bridgehead atoms. The maximum absolute atomic E-state index is 2.42. The molecule has 0 amide bonds. The molecule has 6 aromatic carbocycles. The lowest BCUT2D eigenvalue weighted by molar-refractivity contribution is 0.660. The molecule has 0 radical (unpaired) electrons. The first kappa shape index (κ1) is 28.7. The predicted octanol–water partition coefficient (Wildman–Crippen LogP) is 12.2. The van der Waals surface area contributed by atoms with Crippen LogP contribution in [-0.2, 0) is 5.41 Å². The number of aryl methyl sites for hydroxylation is 4. The number of benzene rings is 6. The molecule has 222 valence electrons. The van der Waals surface area contributed by atoms with Gasteiger partial charge in [0, 0.05) is 39.5 Å². The van der Waals surface area contributed by atoms with Crippen LogP contribution in [0.5, 0.6) is 0 Å². The van der Waals surface area contributed by atoms with E-state index in [1.54, 1.807) is 0 Å². The number of anilines is 6. The summed E-state index contributed by atoms with van der Waals surface area (Å²) in [6.07, 6.45) is 0. The number of rotatable bonds is 6. The van der Waals surface area contributed by atoms with Gasteiger partial charge >= 0.3 is 0 Å². The van der Waals surface area contributed by atoms with Crippen molar-refractivity contribution < 1.29 is 0 Å². The molecule has 0 saturated carbocycles. The van der Waals surface area contributed by atoms with E-state index in [1.807, 2.05) is 0 Å². The molecule has 0 fully saturated rings. The van der Waals surface area contributed by atoms with E-state index in [0.717, 1.165) is 0 Å². The molecule has 45 heavy (non-hydrogen) atoms. The fourth-order valence-corrected chi connectivity index (χ4v) is 6.95. The molecule has 6 aromatic rings. The molecule has 2 heteroatoms. The average Bonchev–Trinajstić information content (AvgIpc) is 3.23. The second-order valence-corrected chi connectivity index (χ2v) is 13.1. The Labute approximate surface area is 268 Å². The van der Waals surface area contributed by atoms with Gasteiger partial charge in [0.25, 0.3) is 0 Å². The van der Waals surface area contributed by atoms with Gasteiger partial charge in [-0.25, -0.2) is 0 Å². The quantitative estimate of drug-likeness (QED) is 0.192. The van der Waals surface area contributed by atoms with E-state index in [4.69, 9.17) is 0 Å². The van der Waals surface area contributed by atoms with Crippen molar-refractivity contribution in [2.45, 2.75) is 47.0 Å². The summed E-state index contributed by atoms with van der Waals surface area (Å²) in [4.78, 5) is 4.78. The van der Waals surface area contributed by atoms with Crippen LogP contribution in [0.25, 0.3) is 11.1 Å². The Hall–Kier alpha value is -5.08. The zero-order chi connectivity index (χ0) is 31.3. The number of fused-ring (bicyclic) bond motifs is 3. The van der Waals surface area contributed by atoms with Gasteiger partial charge in [-0.05, 0) is 145 Å².